The Morgan fingerprint density at radius 2 is 1.81 bits per heavy atom. The summed E-state index contributed by atoms with van der Waals surface area (Å²) in [5, 5.41) is 4.27. The largest absolute Gasteiger partial charge is 0.352 e. The Hall–Kier alpha value is -2.66. The molecule has 2 aromatic carbocycles. The van der Waals surface area contributed by atoms with Gasteiger partial charge in [0.05, 0.1) is 0 Å². The van der Waals surface area contributed by atoms with Crippen molar-refractivity contribution < 1.29 is 9.18 Å². The number of carbonyl (C=O) groups is 1. The van der Waals surface area contributed by atoms with Crippen molar-refractivity contribution in [1.82, 2.24) is 14.8 Å². The predicted molar refractivity (Wildman–Crippen MR) is 124 cm³/mol. The van der Waals surface area contributed by atoms with Crippen LogP contribution in [0.25, 0.3) is 10.9 Å². The number of likely N-dealkylation sites (tertiary alicyclic amines) is 1. The Morgan fingerprint density at radius 3 is 2.55 bits per heavy atom. The molecule has 0 aliphatic carbocycles. The highest BCUT2D eigenvalue weighted by Crippen LogP contribution is 2.28. The van der Waals surface area contributed by atoms with Gasteiger partial charge in [-0.3, -0.25) is 4.79 Å². The van der Waals surface area contributed by atoms with E-state index >= 15 is 0 Å². The number of hydrogen-bond donors (Lipinski definition) is 1. The van der Waals surface area contributed by atoms with Gasteiger partial charge >= 0.3 is 0 Å². The molecule has 2 heterocycles. The number of carbonyl (C=O) groups excluding carboxylic acids is 1. The second kappa shape index (κ2) is 10.1. The first-order chi connectivity index (χ1) is 15.1. The van der Waals surface area contributed by atoms with Crippen LogP contribution in [0, 0.1) is 5.82 Å². The van der Waals surface area contributed by atoms with Crippen LogP contribution in [0.1, 0.15) is 49.8 Å². The highest BCUT2D eigenvalue weighted by Gasteiger charge is 2.21. The van der Waals surface area contributed by atoms with Crippen LogP contribution in [0.5, 0.6) is 0 Å². The Morgan fingerprint density at radius 1 is 1.06 bits per heavy atom. The molecule has 0 atom stereocenters. The molecule has 5 heteroatoms. The Balaban J connectivity index is 1.34. The lowest BCUT2D eigenvalue weighted by atomic mass is 10.0. The van der Waals surface area contributed by atoms with Crippen molar-refractivity contribution in [2.24, 2.45) is 0 Å². The molecule has 1 saturated heterocycles. The molecular weight excluding hydrogens is 389 g/mol. The smallest absolute Gasteiger partial charge is 0.220 e. The van der Waals surface area contributed by atoms with Crippen molar-refractivity contribution in [3.8, 4) is 0 Å². The molecule has 0 spiro atoms. The zero-order valence-electron chi connectivity index (χ0n) is 18.3. The Bertz CT molecular complexity index is 1000. The van der Waals surface area contributed by atoms with Crippen LogP contribution in [0.2, 0.25) is 0 Å². The third kappa shape index (κ3) is 5.53. The number of halogens is 1. The fraction of sp³-hybridized carbons (Fsp3) is 0.423. The lowest BCUT2D eigenvalue weighted by molar-refractivity contribution is -0.121. The lowest BCUT2D eigenvalue weighted by Gasteiger charge is -2.33. The first-order valence-electron chi connectivity index (χ1n) is 11.5. The fourth-order valence-electron chi connectivity index (χ4n) is 4.50. The van der Waals surface area contributed by atoms with Gasteiger partial charge in [0.1, 0.15) is 5.82 Å². The Labute approximate surface area is 184 Å². The van der Waals surface area contributed by atoms with Gasteiger partial charge in [-0.25, -0.2) is 4.39 Å². The molecule has 164 valence electrons. The number of fused-ring (bicyclic) bond motifs is 1. The summed E-state index contributed by atoms with van der Waals surface area (Å²) in [5.74, 6) is -0.0546. The van der Waals surface area contributed by atoms with Gasteiger partial charge in [-0.15, -0.1) is 0 Å². The van der Waals surface area contributed by atoms with Crippen LogP contribution >= 0.6 is 0 Å². The summed E-state index contributed by atoms with van der Waals surface area (Å²) in [4.78, 5) is 14.3. The van der Waals surface area contributed by atoms with E-state index in [4.69, 9.17) is 0 Å². The fourth-order valence-corrected chi connectivity index (χ4v) is 4.50. The third-order valence-corrected chi connectivity index (χ3v) is 6.33. The molecule has 0 radical (unpaired) electrons. The van der Waals surface area contributed by atoms with E-state index in [0.29, 0.717) is 19.0 Å². The molecule has 1 aromatic heterocycles. The molecular formula is C26H32FN3O. The number of piperidine rings is 1. The number of nitrogens with zero attached hydrogens (tertiary/aromatic N) is 2. The molecule has 31 heavy (non-hydrogen) atoms. The van der Waals surface area contributed by atoms with Gasteiger partial charge < -0.3 is 14.8 Å². The SMILES string of the molecule is CCCC(=O)NCc1ccc2ccn(C3CCN(CCc4ccc(F)cc4)CC3)c2c1. The van der Waals surface area contributed by atoms with Gasteiger partial charge in [-0.1, -0.05) is 31.2 Å². The molecule has 4 rings (SSSR count). The van der Waals surface area contributed by atoms with Gasteiger partial charge in [0.15, 0.2) is 0 Å². The van der Waals surface area contributed by atoms with Crippen molar-refractivity contribution in [2.75, 3.05) is 19.6 Å². The average Bonchev–Trinajstić information content (AvgIpc) is 3.21. The van der Waals surface area contributed by atoms with Crippen molar-refractivity contribution >= 4 is 16.8 Å². The second-order valence-corrected chi connectivity index (χ2v) is 8.59. The molecule has 1 aliphatic rings. The summed E-state index contributed by atoms with van der Waals surface area (Å²) < 4.78 is 15.5. The summed E-state index contributed by atoms with van der Waals surface area (Å²) in [5.41, 5.74) is 3.60. The maximum atomic E-state index is 13.1. The summed E-state index contributed by atoms with van der Waals surface area (Å²) in [6.45, 7) is 5.79. The van der Waals surface area contributed by atoms with E-state index in [0.717, 1.165) is 50.9 Å². The normalized spacial score (nSPS) is 15.4. The van der Waals surface area contributed by atoms with E-state index in [2.05, 4.69) is 45.2 Å². The third-order valence-electron chi connectivity index (χ3n) is 6.33. The zero-order chi connectivity index (χ0) is 21.6. The van der Waals surface area contributed by atoms with Gasteiger partial charge in [-0.05, 0) is 66.5 Å². The lowest BCUT2D eigenvalue weighted by Crippen LogP contribution is -2.35. The summed E-state index contributed by atoms with van der Waals surface area (Å²) in [6.07, 6.45) is 6.89. The molecule has 0 unspecified atom stereocenters. The highest BCUT2D eigenvalue weighted by molar-refractivity contribution is 5.81. The molecule has 0 saturated carbocycles. The molecule has 1 amide bonds. The monoisotopic (exact) mass is 421 g/mol. The number of nitrogens with one attached hydrogen (secondary N) is 1. The van der Waals surface area contributed by atoms with E-state index in [9.17, 15) is 9.18 Å². The minimum atomic E-state index is -0.171. The van der Waals surface area contributed by atoms with Gasteiger partial charge in [0.25, 0.3) is 0 Å². The van der Waals surface area contributed by atoms with Gasteiger partial charge in [-0.2, -0.15) is 0 Å². The number of rotatable bonds is 8. The van der Waals surface area contributed by atoms with E-state index in [1.54, 1.807) is 12.1 Å². The van der Waals surface area contributed by atoms with Crippen molar-refractivity contribution in [3.05, 3.63) is 71.7 Å². The maximum absolute atomic E-state index is 13.1. The summed E-state index contributed by atoms with van der Waals surface area (Å²) in [7, 11) is 0. The van der Waals surface area contributed by atoms with E-state index in [1.807, 2.05) is 19.1 Å². The van der Waals surface area contributed by atoms with E-state index in [-0.39, 0.29) is 11.7 Å². The number of hydrogen-bond acceptors (Lipinski definition) is 2. The van der Waals surface area contributed by atoms with Crippen LogP contribution in [-0.2, 0) is 17.8 Å². The summed E-state index contributed by atoms with van der Waals surface area (Å²) >= 11 is 0. The average molecular weight is 422 g/mol. The highest BCUT2D eigenvalue weighted by atomic mass is 19.1. The molecule has 1 N–H and O–H groups in total. The minimum Gasteiger partial charge on any atom is -0.352 e. The van der Waals surface area contributed by atoms with Gasteiger partial charge in [0, 0.05) is 50.4 Å². The number of amides is 1. The molecule has 3 aromatic rings. The predicted octanol–water partition coefficient (Wildman–Crippen LogP) is 5.08. The topological polar surface area (TPSA) is 37.3 Å². The van der Waals surface area contributed by atoms with E-state index < -0.39 is 0 Å². The van der Waals surface area contributed by atoms with Crippen molar-refractivity contribution in [2.45, 2.75) is 51.6 Å². The zero-order valence-corrected chi connectivity index (χ0v) is 18.3. The van der Waals surface area contributed by atoms with Crippen molar-refractivity contribution in [1.29, 1.82) is 0 Å². The van der Waals surface area contributed by atoms with Crippen LogP contribution in [0.15, 0.2) is 54.7 Å². The number of benzene rings is 2. The van der Waals surface area contributed by atoms with Crippen molar-refractivity contribution in [3.63, 3.8) is 0 Å². The first-order valence-corrected chi connectivity index (χ1v) is 11.5. The quantitative estimate of drug-likeness (QED) is 0.551. The first kappa shape index (κ1) is 21.6. The van der Waals surface area contributed by atoms with Crippen LogP contribution in [0.3, 0.4) is 0 Å². The Kier molecular flexibility index (Phi) is 7.03. The minimum absolute atomic E-state index is 0.117. The van der Waals surface area contributed by atoms with Crippen LogP contribution < -0.4 is 5.32 Å². The van der Waals surface area contributed by atoms with Gasteiger partial charge in [0.2, 0.25) is 5.91 Å². The molecule has 0 bridgehead atoms. The van der Waals surface area contributed by atoms with Crippen LogP contribution in [-0.4, -0.2) is 35.0 Å². The second-order valence-electron chi connectivity index (χ2n) is 8.59. The summed E-state index contributed by atoms with van der Waals surface area (Å²) in [6, 6.07) is 16.0. The molecule has 1 aliphatic heterocycles. The maximum Gasteiger partial charge on any atom is 0.220 e. The standard InChI is InChI=1S/C26H32FN3O/c1-2-3-26(31)28-19-21-4-7-22-11-17-30(25(22)18-21)24-12-15-29(16-13-24)14-10-20-5-8-23(27)9-6-20/h4-9,11,17-18,24H,2-3,10,12-16,19H2,1H3,(H,28,31). The van der Waals surface area contributed by atoms with Crippen LogP contribution in [0.4, 0.5) is 4.39 Å². The molecule has 4 nitrogen and oxygen atoms in total. The number of aromatic nitrogens is 1. The molecule has 1 fully saturated rings. The van der Waals surface area contributed by atoms with E-state index in [1.165, 1.54) is 16.5 Å².